The Labute approximate surface area is 105 Å². The molecule has 0 aliphatic rings. The van der Waals surface area contributed by atoms with Crippen LogP contribution in [0.1, 0.15) is 43.6 Å². The minimum absolute atomic E-state index is 0.0113. The molecule has 0 spiro atoms. The molecule has 0 aliphatic carbocycles. The minimum atomic E-state index is -1.27. The van der Waals surface area contributed by atoms with Gasteiger partial charge >= 0.3 is 0 Å². The first-order valence-electron chi connectivity index (χ1n) is 5.38. The van der Waals surface area contributed by atoms with Gasteiger partial charge < -0.3 is 0 Å². The van der Waals surface area contributed by atoms with Crippen molar-refractivity contribution in [3.63, 3.8) is 0 Å². The van der Waals surface area contributed by atoms with Crippen molar-refractivity contribution in [2.24, 2.45) is 4.40 Å². The van der Waals surface area contributed by atoms with Gasteiger partial charge in [-0.1, -0.05) is 18.2 Å². The van der Waals surface area contributed by atoms with Crippen molar-refractivity contribution in [2.45, 2.75) is 32.4 Å². The van der Waals surface area contributed by atoms with Crippen LogP contribution >= 0.6 is 0 Å². The van der Waals surface area contributed by atoms with Crippen LogP contribution in [-0.2, 0) is 11.0 Å². The van der Waals surface area contributed by atoms with E-state index < -0.39 is 11.0 Å². The van der Waals surface area contributed by atoms with Gasteiger partial charge in [-0.25, -0.2) is 4.21 Å². The van der Waals surface area contributed by atoms with Crippen molar-refractivity contribution in [1.82, 2.24) is 0 Å². The van der Waals surface area contributed by atoms with E-state index >= 15 is 0 Å². The first kappa shape index (κ1) is 13.8. The van der Waals surface area contributed by atoms with Gasteiger partial charge in [-0.05, 0) is 39.3 Å². The van der Waals surface area contributed by atoms with E-state index in [1.807, 2.05) is 26.8 Å². The van der Waals surface area contributed by atoms with Gasteiger partial charge in [0.1, 0.15) is 11.0 Å². The van der Waals surface area contributed by atoms with Gasteiger partial charge in [0.25, 0.3) is 0 Å². The highest BCUT2D eigenvalue weighted by atomic mass is 32.2. The number of hydrogen-bond donors (Lipinski definition) is 0. The van der Waals surface area contributed by atoms with E-state index in [1.54, 1.807) is 24.4 Å². The second-order valence-corrected chi connectivity index (χ2v) is 6.71. The van der Waals surface area contributed by atoms with Gasteiger partial charge in [-0.2, -0.15) is 4.40 Å². The molecule has 1 rings (SSSR count). The standard InChI is InChI=1S/C13H17NO2S/c1-10(15)12-7-5-6-11(8-12)9-14-17(16)13(2,3)4/h5-9H,1-4H3/b14-9+/t17-/m1/s1. The van der Waals surface area contributed by atoms with E-state index in [0.29, 0.717) is 5.56 Å². The maximum absolute atomic E-state index is 11.7. The van der Waals surface area contributed by atoms with Gasteiger partial charge in [0, 0.05) is 11.8 Å². The lowest BCUT2D eigenvalue weighted by molar-refractivity contribution is 0.101. The van der Waals surface area contributed by atoms with Crippen LogP contribution in [0.3, 0.4) is 0 Å². The summed E-state index contributed by atoms with van der Waals surface area (Å²) in [6, 6.07) is 7.11. The zero-order valence-electron chi connectivity index (χ0n) is 10.6. The normalized spacial score (nSPS) is 13.9. The lowest BCUT2D eigenvalue weighted by Crippen LogP contribution is -2.19. The molecule has 4 heteroatoms. The fourth-order valence-corrected chi connectivity index (χ4v) is 1.64. The first-order valence-corrected chi connectivity index (χ1v) is 6.48. The molecular weight excluding hydrogens is 234 g/mol. The summed E-state index contributed by atoms with van der Waals surface area (Å²) in [6.07, 6.45) is 1.55. The summed E-state index contributed by atoms with van der Waals surface area (Å²) in [4.78, 5) is 11.2. The minimum Gasteiger partial charge on any atom is -0.295 e. The Hall–Kier alpha value is -1.29. The molecule has 3 nitrogen and oxygen atoms in total. The first-order chi connectivity index (χ1) is 7.80. The maximum Gasteiger partial charge on any atom is 0.159 e. The van der Waals surface area contributed by atoms with E-state index in [-0.39, 0.29) is 10.5 Å². The van der Waals surface area contributed by atoms with E-state index in [9.17, 15) is 9.00 Å². The van der Waals surface area contributed by atoms with Crippen molar-refractivity contribution in [2.75, 3.05) is 0 Å². The second kappa shape index (κ2) is 5.36. The number of nitrogens with zero attached hydrogens (tertiary/aromatic N) is 1. The van der Waals surface area contributed by atoms with Crippen LogP contribution in [0.4, 0.5) is 0 Å². The summed E-state index contributed by atoms with van der Waals surface area (Å²) in [5, 5.41) is 0. The van der Waals surface area contributed by atoms with Crippen molar-refractivity contribution in [3.05, 3.63) is 35.4 Å². The average molecular weight is 251 g/mol. The third kappa shape index (κ3) is 4.23. The van der Waals surface area contributed by atoms with Gasteiger partial charge in [0.05, 0.1) is 4.75 Å². The molecular formula is C13H17NO2S. The predicted octanol–water partition coefficient (Wildman–Crippen LogP) is 2.77. The van der Waals surface area contributed by atoms with Gasteiger partial charge in [0.2, 0.25) is 0 Å². The lowest BCUT2D eigenvalue weighted by atomic mass is 10.1. The number of carbonyl (C=O) groups excluding carboxylic acids is 1. The molecule has 0 radical (unpaired) electrons. The summed E-state index contributed by atoms with van der Waals surface area (Å²) in [6.45, 7) is 7.12. The van der Waals surface area contributed by atoms with Crippen LogP contribution in [-0.4, -0.2) is 21.0 Å². The summed E-state index contributed by atoms with van der Waals surface area (Å²) in [5.74, 6) is 0.0113. The number of carbonyl (C=O) groups is 1. The Kier molecular flexibility index (Phi) is 4.34. The molecule has 1 aromatic rings. The maximum atomic E-state index is 11.7. The Bertz CT molecular complexity index is 473. The zero-order valence-corrected chi connectivity index (χ0v) is 11.4. The molecule has 0 unspecified atom stereocenters. The number of rotatable bonds is 3. The molecule has 0 aromatic heterocycles. The summed E-state index contributed by atoms with van der Waals surface area (Å²) < 4.78 is 15.3. The number of hydrogen-bond acceptors (Lipinski definition) is 2. The van der Waals surface area contributed by atoms with Crippen LogP contribution in [0.25, 0.3) is 0 Å². The third-order valence-corrected chi connectivity index (χ3v) is 3.46. The Morgan fingerprint density at radius 1 is 1.35 bits per heavy atom. The fourth-order valence-electron chi connectivity index (χ4n) is 1.10. The van der Waals surface area contributed by atoms with Gasteiger partial charge in [0.15, 0.2) is 5.78 Å². The van der Waals surface area contributed by atoms with Crippen LogP contribution in [0, 0.1) is 0 Å². The smallest absolute Gasteiger partial charge is 0.159 e. The van der Waals surface area contributed by atoms with Crippen molar-refractivity contribution >= 4 is 23.0 Å². The molecule has 0 saturated heterocycles. The average Bonchev–Trinajstić information content (AvgIpc) is 2.25. The molecule has 0 amide bonds. The lowest BCUT2D eigenvalue weighted by Gasteiger charge is -2.12. The highest BCUT2D eigenvalue weighted by Gasteiger charge is 2.18. The molecule has 17 heavy (non-hydrogen) atoms. The predicted molar refractivity (Wildman–Crippen MR) is 71.9 cm³/mol. The van der Waals surface area contributed by atoms with Crippen LogP contribution in [0.5, 0.6) is 0 Å². The second-order valence-electron chi connectivity index (χ2n) is 4.78. The van der Waals surface area contributed by atoms with E-state index in [2.05, 4.69) is 4.40 Å². The SMILES string of the molecule is CC(=O)c1cccc(/C=N/[S@](=O)C(C)(C)C)c1. The van der Waals surface area contributed by atoms with Crippen molar-refractivity contribution in [3.8, 4) is 0 Å². The summed E-state index contributed by atoms with van der Waals surface area (Å²) in [7, 11) is -1.27. The van der Waals surface area contributed by atoms with E-state index in [4.69, 9.17) is 0 Å². The molecule has 0 fully saturated rings. The van der Waals surface area contributed by atoms with Crippen LogP contribution in [0.15, 0.2) is 28.7 Å². The topological polar surface area (TPSA) is 46.5 Å². The van der Waals surface area contributed by atoms with Gasteiger partial charge in [-0.3, -0.25) is 4.79 Å². The molecule has 0 N–H and O–H groups in total. The number of Topliss-reactive ketones (excluding diaryl/α,β-unsaturated/α-hetero) is 1. The van der Waals surface area contributed by atoms with Crippen molar-refractivity contribution < 1.29 is 9.00 Å². The molecule has 1 aromatic carbocycles. The largest absolute Gasteiger partial charge is 0.295 e. The molecule has 1 atom stereocenters. The number of ketones is 1. The van der Waals surface area contributed by atoms with Gasteiger partial charge in [-0.15, -0.1) is 0 Å². The molecule has 0 bridgehead atoms. The molecule has 0 saturated carbocycles. The Balaban J connectivity index is 2.89. The fraction of sp³-hybridized carbons (Fsp3) is 0.385. The molecule has 0 heterocycles. The zero-order chi connectivity index (χ0) is 13.1. The highest BCUT2D eigenvalue weighted by Crippen LogP contribution is 2.12. The number of benzene rings is 1. The monoisotopic (exact) mass is 251 g/mol. The Morgan fingerprint density at radius 2 is 2.00 bits per heavy atom. The molecule has 92 valence electrons. The Morgan fingerprint density at radius 3 is 2.53 bits per heavy atom. The third-order valence-electron chi connectivity index (χ3n) is 2.11. The van der Waals surface area contributed by atoms with Crippen LogP contribution in [0.2, 0.25) is 0 Å². The highest BCUT2D eigenvalue weighted by molar-refractivity contribution is 7.85. The summed E-state index contributed by atoms with van der Waals surface area (Å²) >= 11 is 0. The van der Waals surface area contributed by atoms with E-state index in [1.165, 1.54) is 6.92 Å². The molecule has 0 aliphatic heterocycles. The van der Waals surface area contributed by atoms with E-state index in [0.717, 1.165) is 5.56 Å². The quantitative estimate of drug-likeness (QED) is 0.612. The van der Waals surface area contributed by atoms with Crippen molar-refractivity contribution in [1.29, 1.82) is 0 Å². The summed E-state index contributed by atoms with van der Waals surface area (Å²) in [5.41, 5.74) is 1.42. The van der Waals surface area contributed by atoms with Crippen LogP contribution < -0.4 is 0 Å².